The first-order valence-electron chi connectivity index (χ1n) is 10.0. The average Bonchev–Trinajstić information content (AvgIpc) is 2.51. The van der Waals surface area contributed by atoms with Crippen molar-refractivity contribution in [2.75, 3.05) is 13.2 Å². The van der Waals surface area contributed by atoms with Crippen molar-refractivity contribution in [3.05, 3.63) is 0 Å². The minimum absolute atomic E-state index is 0.305. The van der Waals surface area contributed by atoms with Crippen LogP contribution in [0, 0.1) is 0 Å². The standard InChI is InChI=1S/C20H42O2/c1-5-9-11-13-14-15-17-19-20(21-7-3,22-8-4)18-16-12-10-6-2/h5-19H2,1-4H3. The first-order valence-corrected chi connectivity index (χ1v) is 10.0. The first kappa shape index (κ1) is 21.9. The maximum Gasteiger partial charge on any atom is 0.168 e. The van der Waals surface area contributed by atoms with E-state index in [9.17, 15) is 0 Å². The molecule has 0 spiro atoms. The molecule has 2 nitrogen and oxygen atoms in total. The minimum atomic E-state index is -0.305. The van der Waals surface area contributed by atoms with Crippen LogP contribution >= 0.6 is 0 Å². The Bertz CT molecular complexity index is 210. The summed E-state index contributed by atoms with van der Waals surface area (Å²) in [5.74, 6) is -0.305. The Kier molecular flexibility index (Phi) is 15.7. The van der Waals surface area contributed by atoms with Crippen molar-refractivity contribution in [2.45, 2.75) is 117 Å². The maximum absolute atomic E-state index is 6.07. The van der Waals surface area contributed by atoms with Gasteiger partial charge < -0.3 is 9.47 Å². The second-order valence-electron chi connectivity index (χ2n) is 6.46. The highest BCUT2D eigenvalue weighted by atomic mass is 16.7. The molecular weight excluding hydrogens is 272 g/mol. The highest BCUT2D eigenvalue weighted by Crippen LogP contribution is 2.28. The van der Waals surface area contributed by atoms with Crippen LogP contribution in [0.25, 0.3) is 0 Å². The molecule has 0 N–H and O–H groups in total. The van der Waals surface area contributed by atoms with Crippen molar-refractivity contribution in [3.8, 4) is 0 Å². The lowest BCUT2D eigenvalue weighted by molar-refractivity contribution is -0.242. The van der Waals surface area contributed by atoms with Gasteiger partial charge in [-0.3, -0.25) is 0 Å². The summed E-state index contributed by atoms with van der Waals surface area (Å²) >= 11 is 0. The van der Waals surface area contributed by atoms with Gasteiger partial charge in [0.15, 0.2) is 5.79 Å². The van der Waals surface area contributed by atoms with E-state index in [0.717, 1.165) is 26.1 Å². The number of hydrogen-bond acceptors (Lipinski definition) is 2. The summed E-state index contributed by atoms with van der Waals surface area (Å²) in [7, 11) is 0. The molecule has 0 unspecified atom stereocenters. The van der Waals surface area contributed by atoms with Crippen molar-refractivity contribution < 1.29 is 9.47 Å². The summed E-state index contributed by atoms with van der Waals surface area (Å²) in [5.41, 5.74) is 0. The van der Waals surface area contributed by atoms with Gasteiger partial charge in [0.25, 0.3) is 0 Å². The van der Waals surface area contributed by atoms with Crippen LogP contribution in [0.2, 0.25) is 0 Å². The van der Waals surface area contributed by atoms with Gasteiger partial charge in [-0.05, 0) is 26.7 Å². The molecule has 0 aromatic heterocycles. The van der Waals surface area contributed by atoms with Crippen molar-refractivity contribution >= 4 is 0 Å². The lowest BCUT2D eigenvalue weighted by Gasteiger charge is -2.33. The molecule has 0 aliphatic heterocycles. The topological polar surface area (TPSA) is 18.5 Å². The van der Waals surface area contributed by atoms with E-state index in [2.05, 4.69) is 27.7 Å². The van der Waals surface area contributed by atoms with E-state index in [-0.39, 0.29) is 5.79 Å². The third-order valence-corrected chi connectivity index (χ3v) is 4.39. The summed E-state index contributed by atoms with van der Waals surface area (Å²) in [4.78, 5) is 0. The van der Waals surface area contributed by atoms with Crippen LogP contribution in [0.4, 0.5) is 0 Å². The third-order valence-electron chi connectivity index (χ3n) is 4.39. The molecule has 0 saturated carbocycles. The first-order chi connectivity index (χ1) is 10.7. The number of hydrogen-bond donors (Lipinski definition) is 0. The summed E-state index contributed by atoms with van der Waals surface area (Å²) in [6.07, 6.45) is 16.7. The number of ether oxygens (including phenoxy) is 2. The smallest absolute Gasteiger partial charge is 0.168 e. The van der Waals surface area contributed by atoms with E-state index in [1.807, 2.05) is 0 Å². The molecule has 0 atom stereocenters. The molecule has 0 radical (unpaired) electrons. The number of unbranched alkanes of at least 4 members (excludes halogenated alkanes) is 9. The molecule has 2 heteroatoms. The van der Waals surface area contributed by atoms with Gasteiger partial charge in [-0.2, -0.15) is 0 Å². The van der Waals surface area contributed by atoms with E-state index in [1.54, 1.807) is 0 Å². The minimum Gasteiger partial charge on any atom is -0.350 e. The van der Waals surface area contributed by atoms with Crippen LogP contribution in [0.3, 0.4) is 0 Å². The van der Waals surface area contributed by atoms with Gasteiger partial charge in [0, 0.05) is 26.1 Å². The van der Waals surface area contributed by atoms with Crippen molar-refractivity contribution in [1.29, 1.82) is 0 Å². The molecule has 0 aromatic carbocycles. The zero-order valence-corrected chi connectivity index (χ0v) is 15.9. The lowest BCUT2D eigenvalue weighted by atomic mass is 9.99. The second kappa shape index (κ2) is 15.8. The maximum atomic E-state index is 6.07. The molecule has 134 valence electrons. The molecule has 0 rings (SSSR count). The van der Waals surface area contributed by atoms with Crippen molar-refractivity contribution in [3.63, 3.8) is 0 Å². The summed E-state index contributed by atoms with van der Waals surface area (Å²) in [5, 5.41) is 0. The fraction of sp³-hybridized carbons (Fsp3) is 1.00. The molecule has 0 saturated heterocycles. The fourth-order valence-corrected chi connectivity index (χ4v) is 3.15. The molecule has 0 amide bonds. The van der Waals surface area contributed by atoms with Gasteiger partial charge >= 0.3 is 0 Å². The molecule has 0 aliphatic rings. The van der Waals surface area contributed by atoms with Crippen molar-refractivity contribution in [1.82, 2.24) is 0 Å². The van der Waals surface area contributed by atoms with Crippen LogP contribution in [0.1, 0.15) is 111 Å². The third kappa shape index (κ3) is 11.5. The van der Waals surface area contributed by atoms with Gasteiger partial charge in [-0.1, -0.05) is 71.6 Å². The van der Waals surface area contributed by atoms with E-state index in [0.29, 0.717) is 0 Å². The second-order valence-corrected chi connectivity index (χ2v) is 6.46. The quantitative estimate of drug-likeness (QED) is 0.215. The van der Waals surface area contributed by atoms with Gasteiger partial charge in [-0.25, -0.2) is 0 Å². The zero-order chi connectivity index (χ0) is 16.5. The highest BCUT2D eigenvalue weighted by Gasteiger charge is 2.30. The largest absolute Gasteiger partial charge is 0.350 e. The molecule has 0 aliphatic carbocycles. The van der Waals surface area contributed by atoms with Crippen LogP contribution in [0.15, 0.2) is 0 Å². The van der Waals surface area contributed by atoms with Gasteiger partial charge in [0.05, 0.1) is 0 Å². The van der Waals surface area contributed by atoms with Gasteiger partial charge in [-0.15, -0.1) is 0 Å². The Morgan fingerprint density at radius 2 is 0.864 bits per heavy atom. The molecule has 0 heterocycles. The lowest BCUT2D eigenvalue weighted by Crippen LogP contribution is -2.36. The molecular formula is C20H42O2. The highest BCUT2D eigenvalue weighted by molar-refractivity contribution is 4.71. The Labute approximate surface area is 140 Å². The summed E-state index contributed by atoms with van der Waals surface area (Å²) in [6.45, 7) is 10.2. The van der Waals surface area contributed by atoms with Gasteiger partial charge in [0.2, 0.25) is 0 Å². The number of rotatable bonds is 17. The SMILES string of the molecule is CCCCCCCCCC(CCCCCC)(OCC)OCC. The normalized spacial score (nSPS) is 12.0. The zero-order valence-electron chi connectivity index (χ0n) is 15.9. The molecule has 0 aromatic rings. The average molecular weight is 315 g/mol. The van der Waals surface area contributed by atoms with Crippen LogP contribution in [-0.4, -0.2) is 19.0 Å². The van der Waals surface area contributed by atoms with E-state index in [1.165, 1.54) is 70.6 Å². The van der Waals surface area contributed by atoms with Gasteiger partial charge in [0.1, 0.15) is 0 Å². The Morgan fingerprint density at radius 3 is 1.27 bits per heavy atom. The predicted molar refractivity (Wildman–Crippen MR) is 97.4 cm³/mol. The monoisotopic (exact) mass is 314 g/mol. The van der Waals surface area contributed by atoms with E-state index in [4.69, 9.17) is 9.47 Å². The molecule has 0 fully saturated rings. The van der Waals surface area contributed by atoms with Crippen molar-refractivity contribution in [2.24, 2.45) is 0 Å². The Hall–Kier alpha value is -0.0800. The molecule has 22 heavy (non-hydrogen) atoms. The van der Waals surface area contributed by atoms with E-state index >= 15 is 0 Å². The predicted octanol–water partition coefficient (Wildman–Crippen LogP) is 6.87. The van der Waals surface area contributed by atoms with Crippen LogP contribution < -0.4 is 0 Å². The fourth-order valence-electron chi connectivity index (χ4n) is 3.15. The van der Waals surface area contributed by atoms with Crippen LogP contribution in [-0.2, 0) is 9.47 Å². The molecule has 0 bridgehead atoms. The van der Waals surface area contributed by atoms with E-state index < -0.39 is 0 Å². The Balaban J connectivity index is 4.08. The Morgan fingerprint density at radius 1 is 0.500 bits per heavy atom. The summed E-state index contributed by atoms with van der Waals surface area (Å²) in [6, 6.07) is 0. The van der Waals surface area contributed by atoms with Crippen LogP contribution in [0.5, 0.6) is 0 Å². The summed E-state index contributed by atoms with van der Waals surface area (Å²) < 4.78 is 12.1.